The SMILES string of the molecule is N#CCc1ccc(OCc2ccccc2NC(=O)C=Cc2cccc(F)c2)cc1. The summed E-state index contributed by atoms with van der Waals surface area (Å²) in [5.41, 5.74) is 3.00. The molecule has 1 N–H and O–H groups in total. The number of nitriles is 1. The normalized spacial score (nSPS) is 10.5. The zero-order valence-corrected chi connectivity index (χ0v) is 15.6. The lowest BCUT2D eigenvalue weighted by Crippen LogP contribution is -2.10. The first-order valence-electron chi connectivity index (χ1n) is 9.05. The predicted molar refractivity (Wildman–Crippen MR) is 111 cm³/mol. The maximum Gasteiger partial charge on any atom is 0.248 e. The maximum atomic E-state index is 13.2. The molecule has 1 amide bonds. The molecule has 0 bridgehead atoms. The van der Waals surface area contributed by atoms with E-state index in [-0.39, 0.29) is 18.3 Å². The highest BCUT2D eigenvalue weighted by molar-refractivity contribution is 6.02. The summed E-state index contributed by atoms with van der Waals surface area (Å²) >= 11 is 0. The Labute approximate surface area is 168 Å². The third kappa shape index (κ3) is 6.05. The van der Waals surface area contributed by atoms with Crippen LogP contribution >= 0.6 is 0 Å². The van der Waals surface area contributed by atoms with Gasteiger partial charge in [-0.2, -0.15) is 5.26 Å². The van der Waals surface area contributed by atoms with Crippen LogP contribution in [0.3, 0.4) is 0 Å². The highest BCUT2D eigenvalue weighted by Crippen LogP contribution is 2.19. The number of amides is 1. The van der Waals surface area contributed by atoms with Crippen molar-refractivity contribution in [2.45, 2.75) is 13.0 Å². The summed E-state index contributed by atoms with van der Waals surface area (Å²) in [6, 6.07) is 22.8. The van der Waals surface area contributed by atoms with Crippen molar-refractivity contribution in [1.82, 2.24) is 0 Å². The highest BCUT2D eigenvalue weighted by Gasteiger charge is 2.06. The van der Waals surface area contributed by atoms with Gasteiger partial charge in [0.15, 0.2) is 0 Å². The summed E-state index contributed by atoms with van der Waals surface area (Å²) in [6.45, 7) is 0.279. The molecule has 3 aromatic carbocycles. The fourth-order valence-electron chi connectivity index (χ4n) is 2.68. The van der Waals surface area contributed by atoms with Crippen LogP contribution in [0.4, 0.5) is 10.1 Å². The fraction of sp³-hybridized carbons (Fsp3) is 0.0833. The van der Waals surface area contributed by atoms with E-state index in [0.29, 0.717) is 23.4 Å². The van der Waals surface area contributed by atoms with Gasteiger partial charge < -0.3 is 10.1 Å². The third-order valence-corrected chi connectivity index (χ3v) is 4.15. The Hall–Kier alpha value is -3.91. The van der Waals surface area contributed by atoms with E-state index in [0.717, 1.165) is 11.1 Å². The summed E-state index contributed by atoms with van der Waals surface area (Å²) in [5, 5.41) is 11.5. The summed E-state index contributed by atoms with van der Waals surface area (Å²) in [5.74, 6) is 0.0112. The van der Waals surface area contributed by atoms with Crippen LogP contribution in [0.5, 0.6) is 5.75 Å². The summed E-state index contributed by atoms with van der Waals surface area (Å²) in [4.78, 5) is 12.2. The van der Waals surface area contributed by atoms with Crippen molar-refractivity contribution in [3.05, 3.63) is 101 Å². The van der Waals surface area contributed by atoms with Gasteiger partial charge in [0, 0.05) is 17.3 Å². The van der Waals surface area contributed by atoms with Crippen LogP contribution in [0.1, 0.15) is 16.7 Å². The average molecular weight is 386 g/mol. The number of carbonyl (C=O) groups excluding carboxylic acids is 1. The molecule has 0 fully saturated rings. The van der Waals surface area contributed by atoms with Crippen molar-refractivity contribution < 1.29 is 13.9 Å². The van der Waals surface area contributed by atoms with Gasteiger partial charge in [0.25, 0.3) is 0 Å². The fourth-order valence-corrected chi connectivity index (χ4v) is 2.68. The molecular weight excluding hydrogens is 367 g/mol. The molecule has 144 valence electrons. The monoisotopic (exact) mass is 386 g/mol. The number of halogens is 1. The van der Waals surface area contributed by atoms with Gasteiger partial charge in [0.1, 0.15) is 18.2 Å². The summed E-state index contributed by atoms with van der Waals surface area (Å²) in [6.07, 6.45) is 3.28. The molecule has 0 aromatic heterocycles. The quantitative estimate of drug-likeness (QED) is 0.573. The van der Waals surface area contributed by atoms with Crippen molar-refractivity contribution in [3.8, 4) is 11.8 Å². The molecule has 29 heavy (non-hydrogen) atoms. The van der Waals surface area contributed by atoms with Crippen LogP contribution in [0, 0.1) is 17.1 Å². The molecule has 0 saturated carbocycles. The number of hydrogen-bond acceptors (Lipinski definition) is 3. The molecule has 4 nitrogen and oxygen atoms in total. The van der Waals surface area contributed by atoms with Crippen molar-refractivity contribution in [2.24, 2.45) is 0 Å². The first-order chi connectivity index (χ1) is 14.1. The van der Waals surface area contributed by atoms with Crippen LogP contribution in [0.25, 0.3) is 6.08 Å². The first-order valence-corrected chi connectivity index (χ1v) is 9.05. The number of nitrogens with zero attached hydrogens (tertiary/aromatic N) is 1. The van der Waals surface area contributed by atoms with Gasteiger partial charge in [-0.3, -0.25) is 4.79 Å². The molecule has 0 heterocycles. The molecule has 0 unspecified atom stereocenters. The average Bonchev–Trinajstić information content (AvgIpc) is 2.73. The second kappa shape index (κ2) is 9.86. The topological polar surface area (TPSA) is 62.1 Å². The van der Waals surface area contributed by atoms with Crippen LogP contribution in [0.2, 0.25) is 0 Å². The number of ether oxygens (including phenoxy) is 1. The van der Waals surface area contributed by atoms with E-state index in [4.69, 9.17) is 10.00 Å². The lowest BCUT2D eigenvalue weighted by atomic mass is 10.1. The molecule has 0 saturated heterocycles. The third-order valence-electron chi connectivity index (χ3n) is 4.15. The number of hydrogen-bond donors (Lipinski definition) is 1. The number of carbonyl (C=O) groups is 1. The minimum absolute atomic E-state index is 0.279. The summed E-state index contributed by atoms with van der Waals surface area (Å²) < 4.78 is 19.0. The zero-order chi connectivity index (χ0) is 20.5. The number of benzene rings is 3. The van der Waals surface area contributed by atoms with Crippen LogP contribution < -0.4 is 10.1 Å². The van der Waals surface area contributed by atoms with Crippen LogP contribution in [-0.4, -0.2) is 5.91 Å². The number of rotatable bonds is 7. The number of nitrogens with one attached hydrogen (secondary N) is 1. The van der Waals surface area contributed by atoms with Crippen LogP contribution in [0.15, 0.2) is 78.9 Å². The molecule has 0 aliphatic rings. The van der Waals surface area contributed by atoms with Crippen molar-refractivity contribution >= 4 is 17.7 Å². The van der Waals surface area contributed by atoms with Gasteiger partial charge in [-0.05, 0) is 47.5 Å². The molecule has 0 atom stereocenters. The molecule has 0 spiro atoms. The number of anilines is 1. The van der Waals surface area contributed by atoms with E-state index in [1.807, 2.05) is 42.5 Å². The smallest absolute Gasteiger partial charge is 0.248 e. The maximum absolute atomic E-state index is 13.2. The Morgan fingerprint density at radius 3 is 2.62 bits per heavy atom. The molecule has 5 heteroatoms. The molecule has 0 aliphatic carbocycles. The Morgan fingerprint density at radius 1 is 1.07 bits per heavy atom. The van der Waals surface area contributed by atoms with E-state index in [1.54, 1.807) is 24.3 Å². The Balaban J connectivity index is 1.62. The van der Waals surface area contributed by atoms with Gasteiger partial charge in [-0.25, -0.2) is 4.39 Å². The van der Waals surface area contributed by atoms with E-state index < -0.39 is 0 Å². The lowest BCUT2D eigenvalue weighted by molar-refractivity contribution is -0.111. The molecule has 0 aliphatic heterocycles. The van der Waals surface area contributed by atoms with Gasteiger partial charge in [-0.1, -0.05) is 42.5 Å². The van der Waals surface area contributed by atoms with Crippen molar-refractivity contribution in [2.75, 3.05) is 5.32 Å². The highest BCUT2D eigenvalue weighted by atomic mass is 19.1. The molecular formula is C24H19FN2O2. The Kier molecular flexibility index (Phi) is 6.75. The Bertz CT molecular complexity index is 1050. The van der Waals surface area contributed by atoms with E-state index in [9.17, 15) is 9.18 Å². The second-order valence-electron chi connectivity index (χ2n) is 6.30. The largest absolute Gasteiger partial charge is 0.489 e. The minimum Gasteiger partial charge on any atom is -0.489 e. The standard InChI is InChI=1S/C24H19FN2O2/c25-21-6-3-4-19(16-21)10-13-24(28)27-23-7-2-1-5-20(23)17-29-22-11-8-18(9-12-22)14-15-26/h1-13,16H,14,17H2,(H,27,28). The Morgan fingerprint density at radius 2 is 1.86 bits per heavy atom. The predicted octanol–water partition coefficient (Wildman–Crippen LogP) is 5.12. The van der Waals surface area contributed by atoms with Gasteiger partial charge in [0.2, 0.25) is 5.91 Å². The van der Waals surface area contributed by atoms with Gasteiger partial charge in [-0.15, -0.1) is 0 Å². The van der Waals surface area contributed by atoms with Crippen LogP contribution in [-0.2, 0) is 17.8 Å². The van der Waals surface area contributed by atoms with Gasteiger partial charge >= 0.3 is 0 Å². The molecule has 3 rings (SSSR count). The summed E-state index contributed by atoms with van der Waals surface area (Å²) in [7, 11) is 0. The molecule has 3 aromatic rings. The first kappa shape index (κ1) is 19.8. The minimum atomic E-state index is -0.351. The van der Waals surface area contributed by atoms with E-state index in [1.165, 1.54) is 18.2 Å². The van der Waals surface area contributed by atoms with Crippen molar-refractivity contribution in [1.29, 1.82) is 5.26 Å². The second-order valence-corrected chi connectivity index (χ2v) is 6.30. The van der Waals surface area contributed by atoms with E-state index >= 15 is 0 Å². The van der Waals surface area contributed by atoms with E-state index in [2.05, 4.69) is 11.4 Å². The number of para-hydroxylation sites is 1. The zero-order valence-electron chi connectivity index (χ0n) is 15.6. The van der Waals surface area contributed by atoms with Gasteiger partial charge in [0.05, 0.1) is 12.5 Å². The lowest BCUT2D eigenvalue weighted by Gasteiger charge is -2.11. The van der Waals surface area contributed by atoms with Crippen molar-refractivity contribution in [3.63, 3.8) is 0 Å². The molecule has 0 radical (unpaired) electrons.